The molecule has 2 amide bonds. The Morgan fingerprint density at radius 1 is 1.21 bits per heavy atom. The summed E-state index contributed by atoms with van der Waals surface area (Å²) in [7, 11) is 0. The van der Waals surface area contributed by atoms with E-state index in [1.807, 2.05) is 24.0 Å². The Morgan fingerprint density at radius 3 is 2.76 bits per heavy atom. The summed E-state index contributed by atoms with van der Waals surface area (Å²) >= 11 is 6.67. The Labute approximate surface area is 249 Å². The van der Waals surface area contributed by atoms with Crippen LogP contribution in [-0.2, 0) is 24.4 Å². The van der Waals surface area contributed by atoms with E-state index in [2.05, 4.69) is 30.5 Å². The lowest BCUT2D eigenvalue weighted by Crippen LogP contribution is -2.42. The fourth-order valence-corrected chi connectivity index (χ4v) is 5.63. The van der Waals surface area contributed by atoms with Gasteiger partial charge in [0.2, 0.25) is 5.91 Å². The van der Waals surface area contributed by atoms with Crippen LogP contribution < -0.4 is 15.4 Å². The third-order valence-corrected chi connectivity index (χ3v) is 8.15. The number of carbonyl (C=O) groups is 2. The summed E-state index contributed by atoms with van der Waals surface area (Å²) in [5, 5.41) is 17.4. The number of fused-ring (bicyclic) bond motifs is 1. The molecule has 42 heavy (non-hydrogen) atoms. The number of anilines is 1. The van der Waals surface area contributed by atoms with E-state index < -0.39 is 6.10 Å². The van der Waals surface area contributed by atoms with Crippen LogP contribution >= 0.6 is 11.6 Å². The smallest absolute Gasteiger partial charge is 0.270 e. The van der Waals surface area contributed by atoms with Crippen LogP contribution in [0.3, 0.4) is 0 Å². The molecule has 12 nitrogen and oxygen atoms in total. The van der Waals surface area contributed by atoms with Crippen molar-refractivity contribution in [3.8, 4) is 5.75 Å². The van der Waals surface area contributed by atoms with E-state index in [1.165, 1.54) is 12.7 Å². The van der Waals surface area contributed by atoms with Crippen LogP contribution in [-0.4, -0.2) is 86.5 Å². The number of β-amino-alcohol motifs (C(OH)–C–C–N with tert-alkyl or cyclic N) is 1. The van der Waals surface area contributed by atoms with Crippen molar-refractivity contribution in [1.29, 1.82) is 0 Å². The zero-order valence-electron chi connectivity index (χ0n) is 23.8. The van der Waals surface area contributed by atoms with Crippen LogP contribution in [0, 0.1) is 6.92 Å². The first-order valence-corrected chi connectivity index (χ1v) is 14.5. The summed E-state index contributed by atoms with van der Waals surface area (Å²) in [6.45, 7) is 6.92. The van der Waals surface area contributed by atoms with E-state index in [1.54, 1.807) is 13.0 Å². The summed E-state index contributed by atoms with van der Waals surface area (Å²) in [4.78, 5) is 40.7. The number of aromatic nitrogens is 3. The van der Waals surface area contributed by atoms with Gasteiger partial charge in [-0.25, -0.2) is 15.0 Å². The van der Waals surface area contributed by atoms with E-state index in [0.717, 1.165) is 36.1 Å². The number of amides is 2. The minimum Gasteiger partial charge on any atom is -0.484 e. The molecule has 1 aromatic carbocycles. The van der Waals surface area contributed by atoms with Gasteiger partial charge in [-0.15, -0.1) is 0 Å². The molecule has 1 atom stereocenters. The number of halogens is 1. The second-order valence-electron chi connectivity index (χ2n) is 10.7. The van der Waals surface area contributed by atoms with Crippen molar-refractivity contribution < 1.29 is 23.8 Å². The van der Waals surface area contributed by atoms with Gasteiger partial charge in [-0.3, -0.25) is 14.5 Å². The van der Waals surface area contributed by atoms with Crippen LogP contribution in [0.5, 0.6) is 5.75 Å². The van der Waals surface area contributed by atoms with Crippen molar-refractivity contribution in [3.05, 3.63) is 64.2 Å². The topological polar surface area (TPSA) is 146 Å². The molecule has 0 aliphatic carbocycles. The van der Waals surface area contributed by atoms with E-state index in [0.29, 0.717) is 55.1 Å². The summed E-state index contributed by atoms with van der Waals surface area (Å²) in [6.07, 6.45) is 4.32. The summed E-state index contributed by atoms with van der Waals surface area (Å²) in [6, 6.07) is 5.62. The summed E-state index contributed by atoms with van der Waals surface area (Å²) in [5.74, 6) is 1.53. The highest BCUT2D eigenvalue weighted by atomic mass is 35.5. The van der Waals surface area contributed by atoms with E-state index in [9.17, 15) is 14.7 Å². The maximum atomic E-state index is 12.7. The largest absolute Gasteiger partial charge is 0.484 e. The van der Waals surface area contributed by atoms with Crippen LogP contribution in [0.1, 0.15) is 52.8 Å². The van der Waals surface area contributed by atoms with Gasteiger partial charge < -0.3 is 29.8 Å². The second-order valence-corrected chi connectivity index (χ2v) is 11.1. The lowest BCUT2D eigenvalue weighted by atomic mass is 9.99. The highest BCUT2D eigenvalue weighted by molar-refractivity contribution is 6.33. The Hall–Kier alpha value is -3.74. The molecule has 2 aromatic heterocycles. The highest BCUT2D eigenvalue weighted by Crippen LogP contribution is 2.34. The lowest BCUT2D eigenvalue weighted by molar-refractivity contribution is -0.129. The van der Waals surface area contributed by atoms with Crippen molar-refractivity contribution >= 4 is 29.2 Å². The number of ether oxygens (including phenoxy) is 1. The zero-order chi connectivity index (χ0) is 29.6. The normalized spacial score (nSPS) is 16.5. The van der Waals surface area contributed by atoms with Gasteiger partial charge in [0.1, 0.15) is 30.2 Å². The fourth-order valence-electron chi connectivity index (χ4n) is 5.30. The van der Waals surface area contributed by atoms with Crippen molar-refractivity contribution in [2.75, 3.05) is 38.0 Å². The number of aliphatic hydroxyl groups is 1. The van der Waals surface area contributed by atoms with Gasteiger partial charge in [0.25, 0.3) is 5.91 Å². The number of aryl methyl sites for hydroxylation is 1. The van der Waals surface area contributed by atoms with Gasteiger partial charge in [-0.2, -0.15) is 0 Å². The Morgan fingerprint density at radius 2 is 2.02 bits per heavy atom. The minimum atomic E-state index is -0.760. The number of carbonyl (C=O) groups excluding carboxylic acids is 2. The minimum absolute atomic E-state index is 0.0843. The predicted molar refractivity (Wildman–Crippen MR) is 155 cm³/mol. The number of nitrogens with zero attached hydrogens (tertiary/aromatic N) is 5. The molecule has 5 rings (SSSR count). The fraction of sp³-hybridized carbons (Fsp3) is 0.483. The van der Waals surface area contributed by atoms with E-state index in [4.69, 9.17) is 20.8 Å². The van der Waals surface area contributed by atoms with Gasteiger partial charge in [-0.05, 0) is 43.4 Å². The molecule has 13 heteroatoms. The van der Waals surface area contributed by atoms with Gasteiger partial charge in [-0.1, -0.05) is 17.7 Å². The van der Waals surface area contributed by atoms with Crippen LogP contribution in [0.15, 0.2) is 35.3 Å². The van der Waals surface area contributed by atoms with Gasteiger partial charge in [0, 0.05) is 58.3 Å². The highest BCUT2D eigenvalue weighted by Gasteiger charge is 2.24. The molecule has 4 heterocycles. The number of hydrogen-bond acceptors (Lipinski definition) is 10. The zero-order valence-corrected chi connectivity index (χ0v) is 24.6. The quantitative estimate of drug-likeness (QED) is 0.319. The molecule has 1 saturated heterocycles. The van der Waals surface area contributed by atoms with Crippen LogP contribution in [0.25, 0.3) is 0 Å². The third-order valence-electron chi connectivity index (χ3n) is 7.74. The first-order chi connectivity index (χ1) is 20.3. The Kier molecular flexibility index (Phi) is 9.55. The second kappa shape index (κ2) is 13.5. The molecular weight excluding hydrogens is 562 g/mol. The Balaban J connectivity index is 1.08. The third kappa shape index (κ3) is 7.36. The van der Waals surface area contributed by atoms with Gasteiger partial charge in [0.15, 0.2) is 12.2 Å². The number of benzene rings is 1. The number of piperidine rings is 1. The predicted octanol–water partition coefficient (Wildman–Crippen LogP) is 2.58. The SMILES string of the molecule is CC(=O)N1CCC(Nc2cc(C(=O)NCC(O)CN3CCc4c(ccc(OCc5ocnc5C)c4Cl)C3)ncn2)CC1. The average Bonchev–Trinajstić information content (AvgIpc) is 3.40. The number of likely N-dealkylation sites (tertiary alicyclic amines) is 1. The van der Waals surface area contributed by atoms with Gasteiger partial charge in [0.05, 0.1) is 16.8 Å². The first-order valence-electron chi connectivity index (χ1n) is 14.1. The molecular formula is C29H36ClN7O5. The number of nitrogens with one attached hydrogen (secondary N) is 2. The molecule has 3 aromatic rings. The molecule has 224 valence electrons. The standard InChI is InChI=1S/C29H36ClN7O5/c1-18-26(42-17-34-18)15-41-25-4-3-20-13-36(8-7-23(20)28(25)30)14-22(39)12-31-29(40)24-11-27(33-16-32-24)35-21-5-9-37(10-6-21)19(2)38/h3-4,11,16-17,21-22,39H,5-10,12-15H2,1-2H3,(H,31,40)(H,32,33,35). The van der Waals surface area contributed by atoms with Crippen LogP contribution in [0.4, 0.5) is 5.82 Å². The molecule has 0 radical (unpaired) electrons. The lowest BCUT2D eigenvalue weighted by Gasteiger charge is -2.32. The summed E-state index contributed by atoms with van der Waals surface area (Å²) < 4.78 is 11.2. The van der Waals surface area contributed by atoms with Crippen molar-refractivity contribution in [1.82, 2.24) is 30.1 Å². The van der Waals surface area contributed by atoms with Crippen molar-refractivity contribution in [2.24, 2.45) is 0 Å². The molecule has 0 bridgehead atoms. The Bertz CT molecular complexity index is 1410. The number of hydrogen-bond donors (Lipinski definition) is 3. The van der Waals surface area contributed by atoms with Crippen molar-refractivity contribution in [2.45, 2.75) is 58.4 Å². The number of aliphatic hydroxyl groups excluding tert-OH is 1. The van der Waals surface area contributed by atoms with Gasteiger partial charge >= 0.3 is 0 Å². The molecule has 2 aliphatic heterocycles. The molecule has 1 unspecified atom stereocenters. The summed E-state index contributed by atoms with van der Waals surface area (Å²) in [5.41, 5.74) is 3.13. The molecule has 2 aliphatic rings. The van der Waals surface area contributed by atoms with E-state index in [-0.39, 0.29) is 36.7 Å². The first kappa shape index (κ1) is 29.7. The molecule has 0 saturated carbocycles. The maximum absolute atomic E-state index is 12.7. The average molecular weight is 598 g/mol. The molecule has 0 spiro atoms. The van der Waals surface area contributed by atoms with E-state index >= 15 is 0 Å². The molecule has 1 fully saturated rings. The van der Waals surface area contributed by atoms with Crippen LogP contribution in [0.2, 0.25) is 5.02 Å². The number of rotatable bonds is 10. The molecule has 3 N–H and O–H groups in total. The monoisotopic (exact) mass is 597 g/mol. The number of oxazole rings is 1. The van der Waals surface area contributed by atoms with Crippen molar-refractivity contribution in [3.63, 3.8) is 0 Å². The maximum Gasteiger partial charge on any atom is 0.270 e.